The highest BCUT2D eigenvalue weighted by molar-refractivity contribution is 5.55. The molecule has 0 saturated carbocycles. The van der Waals surface area contributed by atoms with Crippen LogP contribution in [0, 0.1) is 0 Å². The molecule has 1 aliphatic rings. The average molecular weight is 289 g/mol. The van der Waals surface area contributed by atoms with E-state index in [-0.39, 0.29) is 18.0 Å². The van der Waals surface area contributed by atoms with Gasteiger partial charge in [-0.3, -0.25) is 9.36 Å². The topological polar surface area (TPSA) is 74.5 Å². The van der Waals surface area contributed by atoms with Crippen LogP contribution in [-0.4, -0.2) is 15.9 Å². The number of fused-ring (bicyclic) bond motifs is 1. The molecule has 0 atom stereocenters. The summed E-state index contributed by atoms with van der Waals surface area (Å²) >= 11 is 0. The summed E-state index contributed by atoms with van der Waals surface area (Å²) in [5, 5.41) is 3.14. The van der Waals surface area contributed by atoms with E-state index in [4.69, 9.17) is 9.47 Å². The zero-order valence-corrected chi connectivity index (χ0v) is 11.8. The molecule has 0 fully saturated rings. The fourth-order valence-corrected chi connectivity index (χ4v) is 2.21. The van der Waals surface area contributed by atoms with Gasteiger partial charge in [0, 0.05) is 38.6 Å². The van der Waals surface area contributed by atoms with E-state index >= 15 is 0 Å². The first-order valence-corrected chi connectivity index (χ1v) is 6.45. The maximum absolute atomic E-state index is 12.0. The van der Waals surface area contributed by atoms with Gasteiger partial charge in [-0.05, 0) is 12.1 Å². The highest BCUT2D eigenvalue weighted by Crippen LogP contribution is 2.34. The van der Waals surface area contributed by atoms with E-state index in [0.717, 1.165) is 10.3 Å². The van der Waals surface area contributed by atoms with E-state index in [1.165, 1.54) is 11.6 Å². The summed E-state index contributed by atoms with van der Waals surface area (Å²) in [6.45, 7) is 0.542. The van der Waals surface area contributed by atoms with Crippen LogP contribution in [0.3, 0.4) is 0 Å². The van der Waals surface area contributed by atoms with Gasteiger partial charge in [0.2, 0.25) is 6.79 Å². The van der Waals surface area contributed by atoms with E-state index in [1.54, 1.807) is 13.2 Å². The standard InChI is InChI=1S/C14H15N3O4/c1-16-7-9(13(18)17(2)14(16)19)6-15-10-3-4-11-12(5-10)21-8-20-11/h3-5,7,15H,6,8H2,1-2H3. The lowest BCUT2D eigenvalue weighted by molar-refractivity contribution is 0.174. The minimum Gasteiger partial charge on any atom is -0.454 e. The molecule has 0 radical (unpaired) electrons. The van der Waals surface area contributed by atoms with Gasteiger partial charge in [0.05, 0.1) is 5.56 Å². The fraction of sp³-hybridized carbons (Fsp3) is 0.286. The van der Waals surface area contributed by atoms with Crippen LogP contribution >= 0.6 is 0 Å². The molecule has 0 unspecified atom stereocenters. The van der Waals surface area contributed by atoms with Crippen molar-refractivity contribution in [3.05, 3.63) is 50.8 Å². The first-order chi connectivity index (χ1) is 10.1. The SMILES string of the molecule is Cn1cc(CNc2ccc3c(c2)OCO3)c(=O)n(C)c1=O. The Balaban J connectivity index is 1.82. The number of ether oxygens (including phenoxy) is 2. The number of nitrogens with one attached hydrogen (secondary N) is 1. The summed E-state index contributed by atoms with van der Waals surface area (Å²) < 4.78 is 13.0. The van der Waals surface area contributed by atoms with Crippen molar-refractivity contribution in [3.63, 3.8) is 0 Å². The van der Waals surface area contributed by atoms with E-state index in [1.807, 2.05) is 18.2 Å². The molecule has 1 aromatic carbocycles. The molecule has 1 aliphatic heterocycles. The Labute approximate surface area is 120 Å². The van der Waals surface area contributed by atoms with Crippen molar-refractivity contribution in [3.8, 4) is 11.5 Å². The van der Waals surface area contributed by atoms with Gasteiger partial charge in [-0.2, -0.15) is 0 Å². The predicted octanol–water partition coefficient (Wildman–Crippen LogP) is 0.425. The monoisotopic (exact) mass is 289 g/mol. The maximum Gasteiger partial charge on any atom is 0.330 e. The van der Waals surface area contributed by atoms with E-state index in [2.05, 4.69) is 5.32 Å². The molecule has 3 rings (SSSR count). The minimum atomic E-state index is -0.341. The van der Waals surface area contributed by atoms with Gasteiger partial charge in [-0.15, -0.1) is 0 Å². The average Bonchev–Trinajstić information content (AvgIpc) is 2.95. The first-order valence-electron chi connectivity index (χ1n) is 6.45. The molecule has 0 bridgehead atoms. The van der Waals surface area contributed by atoms with Gasteiger partial charge in [0.15, 0.2) is 11.5 Å². The number of hydrogen-bond acceptors (Lipinski definition) is 5. The molecule has 0 amide bonds. The fourth-order valence-electron chi connectivity index (χ4n) is 2.21. The summed E-state index contributed by atoms with van der Waals surface area (Å²) in [6, 6.07) is 5.47. The van der Waals surface area contributed by atoms with Crippen molar-refractivity contribution in [1.82, 2.24) is 9.13 Å². The van der Waals surface area contributed by atoms with Gasteiger partial charge in [-0.1, -0.05) is 0 Å². The van der Waals surface area contributed by atoms with Crippen LogP contribution in [0.25, 0.3) is 0 Å². The van der Waals surface area contributed by atoms with Crippen molar-refractivity contribution in [2.24, 2.45) is 14.1 Å². The molecule has 0 aliphatic carbocycles. The largest absolute Gasteiger partial charge is 0.454 e. The molecule has 7 heteroatoms. The summed E-state index contributed by atoms with van der Waals surface area (Å²) in [5.41, 5.74) is 0.686. The lowest BCUT2D eigenvalue weighted by Gasteiger charge is -2.09. The zero-order chi connectivity index (χ0) is 15.0. The molecule has 110 valence electrons. The molecular formula is C14H15N3O4. The van der Waals surface area contributed by atoms with Crippen LogP contribution < -0.4 is 26.0 Å². The molecule has 21 heavy (non-hydrogen) atoms. The van der Waals surface area contributed by atoms with E-state index < -0.39 is 0 Å². The number of aryl methyl sites for hydroxylation is 1. The normalized spacial score (nSPS) is 12.5. The third kappa shape index (κ3) is 2.37. The van der Waals surface area contributed by atoms with Gasteiger partial charge in [0.25, 0.3) is 5.56 Å². The van der Waals surface area contributed by atoms with Crippen molar-refractivity contribution in [2.45, 2.75) is 6.54 Å². The molecule has 1 aromatic heterocycles. The van der Waals surface area contributed by atoms with Crippen molar-refractivity contribution in [1.29, 1.82) is 0 Å². The smallest absolute Gasteiger partial charge is 0.330 e. The highest BCUT2D eigenvalue weighted by atomic mass is 16.7. The second-order valence-corrected chi connectivity index (χ2v) is 4.83. The number of nitrogens with zero attached hydrogens (tertiary/aromatic N) is 2. The van der Waals surface area contributed by atoms with Crippen LogP contribution in [0.1, 0.15) is 5.56 Å². The number of anilines is 1. The van der Waals surface area contributed by atoms with Gasteiger partial charge in [0.1, 0.15) is 0 Å². The van der Waals surface area contributed by atoms with E-state index in [9.17, 15) is 9.59 Å². The Hall–Kier alpha value is -2.70. The molecule has 0 spiro atoms. The zero-order valence-electron chi connectivity index (χ0n) is 11.8. The predicted molar refractivity (Wildman–Crippen MR) is 76.8 cm³/mol. The second-order valence-electron chi connectivity index (χ2n) is 4.83. The minimum absolute atomic E-state index is 0.222. The molecule has 2 aromatic rings. The summed E-state index contributed by atoms with van der Waals surface area (Å²) in [4.78, 5) is 23.6. The maximum atomic E-state index is 12.0. The molecular weight excluding hydrogens is 274 g/mol. The molecule has 1 N–H and O–H groups in total. The summed E-state index contributed by atoms with van der Waals surface area (Å²) in [7, 11) is 3.08. The summed E-state index contributed by atoms with van der Waals surface area (Å²) in [5.74, 6) is 1.38. The van der Waals surface area contributed by atoms with Crippen LogP contribution in [0.2, 0.25) is 0 Å². The van der Waals surface area contributed by atoms with Gasteiger partial charge < -0.3 is 19.4 Å². The number of hydrogen-bond donors (Lipinski definition) is 1. The van der Waals surface area contributed by atoms with Gasteiger partial charge >= 0.3 is 5.69 Å². The van der Waals surface area contributed by atoms with Gasteiger partial charge in [-0.25, -0.2) is 4.79 Å². The molecule has 2 heterocycles. The van der Waals surface area contributed by atoms with Crippen LogP contribution in [0.15, 0.2) is 34.0 Å². The third-order valence-electron chi connectivity index (χ3n) is 3.37. The third-order valence-corrected chi connectivity index (χ3v) is 3.37. The van der Waals surface area contributed by atoms with Crippen molar-refractivity contribution >= 4 is 5.69 Å². The lowest BCUT2D eigenvalue weighted by atomic mass is 10.2. The Bertz CT molecular complexity index is 807. The number of rotatable bonds is 3. The first kappa shape index (κ1) is 13.3. The van der Waals surface area contributed by atoms with Crippen molar-refractivity contribution in [2.75, 3.05) is 12.1 Å². The van der Waals surface area contributed by atoms with Crippen LogP contribution in [0.4, 0.5) is 5.69 Å². The van der Waals surface area contributed by atoms with Crippen LogP contribution in [-0.2, 0) is 20.6 Å². The quantitative estimate of drug-likeness (QED) is 0.886. The van der Waals surface area contributed by atoms with Crippen molar-refractivity contribution < 1.29 is 9.47 Å². The Morgan fingerprint density at radius 3 is 2.76 bits per heavy atom. The highest BCUT2D eigenvalue weighted by Gasteiger charge is 2.13. The number of benzene rings is 1. The molecule has 7 nitrogen and oxygen atoms in total. The Kier molecular flexibility index (Phi) is 3.17. The van der Waals surface area contributed by atoms with Crippen LogP contribution in [0.5, 0.6) is 11.5 Å². The second kappa shape index (κ2) is 5.01. The molecule has 0 saturated heterocycles. The Morgan fingerprint density at radius 1 is 1.19 bits per heavy atom. The number of aromatic nitrogens is 2. The Morgan fingerprint density at radius 2 is 1.95 bits per heavy atom. The van der Waals surface area contributed by atoms with E-state index in [0.29, 0.717) is 23.6 Å². The lowest BCUT2D eigenvalue weighted by Crippen LogP contribution is -2.38. The summed E-state index contributed by atoms with van der Waals surface area (Å²) in [6.07, 6.45) is 1.55.